The predicted molar refractivity (Wildman–Crippen MR) is 108 cm³/mol. The Kier molecular flexibility index (Phi) is 5.99. The van der Waals surface area contributed by atoms with Crippen molar-refractivity contribution >= 4 is 51.9 Å². The van der Waals surface area contributed by atoms with Crippen molar-refractivity contribution < 1.29 is 18.1 Å². The van der Waals surface area contributed by atoms with Gasteiger partial charge >= 0.3 is 11.9 Å². The Morgan fingerprint density at radius 2 is 1.70 bits per heavy atom. The quantitative estimate of drug-likeness (QED) is 0.335. The molecule has 1 aromatic heterocycles. The Balaban J connectivity index is 2.00. The van der Waals surface area contributed by atoms with E-state index in [9.17, 15) is 23.3 Å². The summed E-state index contributed by atoms with van der Waals surface area (Å²) in [6.45, 7) is 1.74. The average Bonchev–Trinajstić information content (AvgIpc) is 2.64. The molecule has 156 valence electrons. The molecule has 0 spiro atoms. The Bertz CT molecular complexity index is 1130. The summed E-state index contributed by atoms with van der Waals surface area (Å²) in [7, 11) is 0. The fourth-order valence-electron chi connectivity index (χ4n) is 2.59. The van der Waals surface area contributed by atoms with Crippen LogP contribution in [-0.2, 0) is 6.18 Å². The summed E-state index contributed by atoms with van der Waals surface area (Å²) in [6, 6.07) is 7.89. The van der Waals surface area contributed by atoms with Crippen LogP contribution in [0.3, 0.4) is 0 Å². The summed E-state index contributed by atoms with van der Waals surface area (Å²) in [5.41, 5.74) is -0.492. The van der Waals surface area contributed by atoms with Crippen LogP contribution in [0.5, 0.6) is 0 Å². The SMILES string of the molecule is Cc1cc(Cl)ccc1Nc1ncnc(Nc2ccc(Cl)c(C(F)(F)F)c2)c1[N+](=O)[O-]. The molecule has 0 atom stereocenters. The summed E-state index contributed by atoms with van der Waals surface area (Å²) < 4.78 is 39.2. The number of halogens is 5. The third-order valence-corrected chi connectivity index (χ3v) is 4.55. The van der Waals surface area contributed by atoms with E-state index in [1.165, 1.54) is 6.07 Å². The van der Waals surface area contributed by atoms with Crippen LogP contribution in [0, 0.1) is 17.0 Å². The minimum absolute atomic E-state index is 0.0813. The molecule has 1 heterocycles. The Hall–Kier alpha value is -3.11. The molecule has 3 rings (SSSR count). The van der Waals surface area contributed by atoms with Crippen molar-refractivity contribution in [2.45, 2.75) is 13.1 Å². The zero-order valence-electron chi connectivity index (χ0n) is 15.1. The van der Waals surface area contributed by atoms with Gasteiger partial charge in [-0.25, -0.2) is 9.97 Å². The molecule has 0 saturated carbocycles. The first-order valence-corrected chi connectivity index (χ1v) is 8.98. The van der Waals surface area contributed by atoms with Gasteiger partial charge in [0.2, 0.25) is 11.6 Å². The van der Waals surface area contributed by atoms with Crippen molar-refractivity contribution in [1.82, 2.24) is 9.97 Å². The van der Waals surface area contributed by atoms with Gasteiger partial charge in [-0.2, -0.15) is 13.2 Å². The number of rotatable bonds is 5. The molecule has 2 N–H and O–H groups in total. The van der Waals surface area contributed by atoms with Gasteiger partial charge in [0.1, 0.15) is 6.33 Å². The van der Waals surface area contributed by atoms with Gasteiger partial charge in [0.25, 0.3) is 0 Å². The second-order valence-electron chi connectivity index (χ2n) is 6.08. The number of benzene rings is 2. The number of aryl methyl sites for hydroxylation is 1. The Morgan fingerprint density at radius 3 is 2.30 bits per heavy atom. The average molecular weight is 458 g/mol. The van der Waals surface area contributed by atoms with Crippen LogP contribution < -0.4 is 10.6 Å². The molecule has 0 unspecified atom stereocenters. The standard InChI is InChI=1S/C18H12Cl2F3N5O2/c1-9-6-10(19)2-5-14(9)27-17-15(28(29)30)16(24-8-25-17)26-11-3-4-13(20)12(7-11)18(21,22)23/h2-8H,1H3,(H2,24,25,26,27). The molecule has 7 nitrogen and oxygen atoms in total. The molecule has 30 heavy (non-hydrogen) atoms. The number of aromatic nitrogens is 2. The maximum atomic E-state index is 13.1. The van der Waals surface area contributed by atoms with Gasteiger partial charge in [0.05, 0.1) is 15.5 Å². The molecule has 0 amide bonds. The first-order valence-electron chi connectivity index (χ1n) is 8.22. The van der Waals surface area contributed by atoms with Gasteiger partial charge in [-0.1, -0.05) is 23.2 Å². The van der Waals surface area contributed by atoms with Crippen LogP contribution in [0.25, 0.3) is 0 Å². The first kappa shape index (κ1) is 21.6. The minimum Gasteiger partial charge on any atom is -0.334 e. The largest absolute Gasteiger partial charge is 0.417 e. The van der Waals surface area contributed by atoms with E-state index in [-0.39, 0.29) is 17.3 Å². The minimum atomic E-state index is -4.69. The number of hydrogen-bond donors (Lipinski definition) is 2. The molecule has 0 aliphatic heterocycles. The van der Waals surface area contributed by atoms with Crippen LogP contribution in [0.2, 0.25) is 10.0 Å². The third kappa shape index (κ3) is 4.71. The molecule has 0 aliphatic carbocycles. The number of alkyl halides is 3. The molecule has 0 fully saturated rings. The molecule has 0 aliphatic rings. The van der Waals surface area contributed by atoms with E-state index in [0.29, 0.717) is 16.3 Å². The topological polar surface area (TPSA) is 93.0 Å². The monoisotopic (exact) mass is 457 g/mol. The summed E-state index contributed by atoms with van der Waals surface area (Å²) >= 11 is 11.5. The third-order valence-electron chi connectivity index (χ3n) is 3.98. The summed E-state index contributed by atoms with van der Waals surface area (Å²) in [5.74, 6) is -0.438. The van der Waals surface area contributed by atoms with E-state index < -0.39 is 27.4 Å². The lowest BCUT2D eigenvalue weighted by molar-refractivity contribution is -0.383. The Morgan fingerprint density at radius 1 is 1.03 bits per heavy atom. The summed E-state index contributed by atoms with van der Waals surface area (Å²) in [4.78, 5) is 18.6. The normalized spacial score (nSPS) is 11.3. The number of nitrogens with zero attached hydrogens (tertiary/aromatic N) is 3. The van der Waals surface area contributed by atoms with Gasteiger partial charge in [-0.15, -0.1) is 0 Å². The van der Waals surface area contributed by atoms with Crippen LogP contribution in [-0.4, -0.2) is 14.9 Å². The van der Waals surface area contributed by atoms with Crippen molar-refractivity contribution in [2.75, 3.05) is 10.6 Å². The van der Waals surface area contributed by atoms with Crippen molar-refractivity contribution in [3.63, 3.8) is 0 Å². The van der Waals surface area contributed by atoms with E-state index in [2.05, 4.69) is 20.6 Å². The van der Waals surface area contributed by atoms with Gasteiger partial charge in [0, 0.05) is 16.4 Å². The fourth-order valence-corrected chi connectivity index (χ4v) is 3.04. The number of anilines is 4. The highest BCUT2D eigenvalue weighted by Crippen LogP contribution is 2.38. The smallest absolute Gasteiger partial charge is 0.334 e. The molecule has 0 radical (unpaired) electrons. The van der Waals surface area contributed by atoms with Crippen molar-refractivity contribution in [3.05, 3.63) is 74.0 Å². The molecule has 0 bridgehead atoms. The number of hydrogen-bond acceptors (Lipinski definition) is 6. The van der Waals surface area contributed by atoms with Crippen LogP contribution >= 0.6 is 23.2 Å². The van der Waals surface area contributed by atoms with Crippen LogP contribution in [0.15, 0.2) is 42.7 Å². The molecular weight excluding hydrogens is 446 g/mol. The summed E-state index contributed by atoms with van der Waals surface area (Å²) in [6.07, 6.45) is -3.64. The lowest BCUT2D eigenvalue weighted by atomic mass is 10.2. The first-order chi connectivity index (χ1) is 14.1. The van der Waals surface area contributed by atoms with E-state index in [4.69, 9.17) is 23.2 Å². The fraction of sp³-hybridized carbons (Fsp3) is 0.111. The zero-order valence-corrected chi connectivity index (χ0v) is 16.6. The number of nitrogens with one attached hydrogen (secondary N) is 2. The maximum absolute atomic E-state index is 13.1. The summed E-state index contributed by atoms with van der Waals surface area (Å²) in [5, 5.41) is 17.0. The highest BCUT2D eigenvalue weighted by Gasteiger charge is 2.33. The van der Waals surface area contributed by atoms with E-state index in [1.54, 1.807) is 25.1 Å². The zero-order chi connectivity index (χ0) is 22.1. The predicted octanol–water partition coefficient (Wildman–Crippen LogP) is 6.51. The van der Waals surface area contributed by atoms with Crippen LogP contribution in [0.4, 0.5) is 41.9 Å². The lowest BCUT2D eigenvalue weighted by Crippen LogP contribution is -2.08. The molecule has 12 heteroatoms. The highest BCUT2D eigenvalue weighted by molar-refractivity contribution is 6.31. The van der Waals surface area contributed by atoms with Crippen molar-refractivity contribution in [1.29, 1.82) is 0 Å². The molecule has 2 aromatic carbocycles. The molecule has 0 saturated heterocycles. The lowest BCUT2D eigenvalue weighted by Gasteiger charge is -2.13. The van der Waals surface area contributed by atoms with E-state index >= 15 is 0 Å². The highest BCUT2D eigenvalue weighted by atomic mass is 35.5. The van der Waals surface area contributed by atoms with Gasteiger partial charge in [-0.05, 0) is 48.9 Å². The van der Waals surface area contributed by atoms with Gasteiger partial charge < -0.3 is 10.6 Å². The molecular formula is C18H12Cl2F3N5O2. The number of nitro groups is 1. The van der Waals surface area contributed by atoms with Crippen molar-refractivity contribution in [3.8, 4) is 0 Å². The second-order valence-corrected chi connectivity index (χ2v) is 6.92. The van der Waals surface area contributed by atoms with Crippen LogP contribution in [0.1, 0.15) is 11.1 Å². The van der Waals surface area contributed by atoms with E-state index in [1.807, 2.05) is 0 Å². The maximum Gasteiger partial charge on any atom is 0.417 e. The van der Waals surface area contributed by atoms with Gasteiger partial charge in [0.15, 0.2) is 0 Å². The van der Waals surface area contributed by atoms with E-state index in [0.717, 1.165) is 18.5 Å². The van der Waals surface area contributed by atoms with Gasteiger partial charge in [-0.3, -0.25) is 10.1 Å². The Labute approximate surface area is 178 Å². The second kappa shape index (κ2) is 8.33. The molecule has 3 aromatic rings. The van der Waals surface area contributed by atoms with Crippen molar-refractivity contribution in [2.24, 2.45) is 0 Å².